The second-order valence-corrected chi connectivity index (χ2v) is 7.32. The van der Waals surface area contributed by atoms with Crippen molar-refractivity contribution in [2.75, 3.05) is 26.0 Å². The Morgan fingerprint density at radius 1 is 1.25 bits per heavy atom. The molecule has 0 fully saturated rings. The van der Waals surface area contributed by atoms with Gasteiger partial charge in [-0.25, -0.2) is 13.4 Å². The average Bonchev–Trinajstić information content (AvgIpc) is 2.51. The first-order valence-electron chi connectivity index (χ1n) is 7.84. The van der Waals surface area contributed by atoms with Crippen LogP contribution in [-0.2, 0) is 9.84 Å². The lowest BCUT2D eigenvalue weighted by molar-refractivity contribution is 0.328. The molecule has 0 saturated carbocycles. The highest BCUT2D eigenvalue weighted by Gasteiger charge is 2.06. The van der Waals surface area contributed by atoms with E-state index in [0.29, 0.717) is 24.9 Å². The summed E-state index contributed by atoms with van der Waals surface area (Å²) >= 11 is 0. The van der Waals surface area contributed by atoms with E-state index in [9.17, 15) is 8.42 Å². The Hall–Kier alpha value is -1.03. The van der Waals surface area contributed by atoms with E-state index in [2.05, 4.69) is 29.5 Å². The third kappa shape index (κ3) is 8.72. The van der Waals surface area contributed by atoms with Gasteiger partial charge < -0.3 is 15.4 Å². The molecule has 2 N–H and O–H groups in total. The molecular weight excluding hydrogens is 441 g/mol. The summed E-state index contributed by atoms with van der Waals surface area (Å²) in [5, 5.41) is 6.49. The smallest absolute Gasteiger partial charge is 0.191 e. The predicted octanol–water partition coefficient (Wildman–Crippen LogP) is 2.44. The Balaban J connectivity index is 0.00000529. The molecule has 0 saturated heterocycles. The predicted molar refractivity (Wildman–Crippen MR) is 109 cm³/mol. The van der Waals surface area contributed by atoms with Gasteiger partial charge in [0.25, 0.3) is 0 Å². The van der Waals surface area contributed by atoms with Crippen LogP contribution in [0.1, 0.15) is 27.2 Å². The summed E-state index contributed by atoms with van der Waals surface area (Å²) in [7, 11) is -3.17. The topological polar surface area (TPSA) is 79.8 Å². The van der Waals surface area contributed by atoms with E-state index in [4.69, 9.17) is 4.74 Å². The summed E-state index contributed by atoms with van der Waals surface area (Å²) in [6.45, 7) is 7.98. The van der Waals surface area contributed by atoms with Crippen molar-refractivity contribution in [2.24, 2.45) is 4.99 Å². The quantitative estimate of drug-likeness (QED) is 0.265. The maximum absolute atomic E-state index is 11.4. The summed E-state index contributed by atoms with van der Waals surface area (Å²) in [5.74, 6) is 1.41. The number of sulfone groups is 1. The van der Waals surface area contributed by atoms with E-state index >= 15 is 0 Å². The summed E-state index contributed by atoms with van der Waals surface area (Å²) in [6, 6.07) is 6.76. The third-order valence-electron chi connectivity index (χ3n) is 3.22. The Kier molecular flexibility index (Phi) is 11.0. The van der Waals surface area contributed by atoms with Gasteiger partial charge in [-0.1, -0.05) is 6.92 Å². The minimum Gasteiger partial charge on any atom is -0.492 e. The van der Waals surface area contributed by atoms with Crippen LogP contribution in [0.3, 0.4) is 0 Å². The second-order valence-electron chi connectivity index (χ2n) is 5.31. The maximum atomic E-state index is 11.4. The molecule has 1 aromatic carbocycles. The molecule has 0 bridgehead atoms. The number of ether oxygens (including phenoxy) is 1. The summed E-state index contributed by atoms with van der Waals surface area (Å²) in [6.07, 6.45) is 2.21. The van der Waals surface area contributed by atoms with Gasteiger partial charge in [0.05, 0.1) is 11.4 Å². The zero-order valence-electron chi connectivity index (χ0n) is 14.7. The Bertz CT molecular complexity index is 603. The number of guanidine groups is 1. The lowest BCUT2D eigenvalue weighted by Crippen LogP contribution is -2.42. The fraction of sp³-hybridized carbons (Fsp3) is 0.562. The highest BCUT2D eigenvalue weighted by molar-refractivity contribution is 14.0. The standard InChI is InChI=1S/C16H27N3O3S.HI/c1-5-13(3)19-16(17-6-2)18-11-12-22-14-7-9-15(10-8-14)23(4,20)21;/h7-10,13H,5-6,11-12H2,1-4H3,(H2,17,18,19);1H. The van der Waals surface area contributed by atoms with Gasteiger partial charge in [-0.05, 0) is 44.5 Å². The lowest BCUT2D eigenvalue weighted by atomic mass is 10.3. The van der Waals surface area contributed by atoms with E-state index in [1.165, 1.54) is 6.26 Å². The largest absolute Gasteiger partial charge is 0.492 e. The van der Waals surface area contributed by atoms with Gasteiger partial charge in [0.15, 0.2) is 15.8 Å². The SMILES string of the molecule is CCNC(=NCCOc1ccc(S(C)(=O)=O)cc1)NC(C)CC.I. The number of nitrogens with zero attached hydrogens (tertiary/aromatic N) is 1. The second kappa shape index (κ2) is 11.5. The van der Waals surface area contributed by atoms with Gasteiger partial charge in [-0.15, -0.1) is 24.0 Å². The molecule has 8 heteroatoms. The van der Waals surface area contributed by atoms with E-state index in [0.717, 1.165) is 18.9 Å². The van der Waals surface area contributed by atoms with Gasteiger partial charge in [-0.3, -0.25) is 0 Å². The fourth-order valence-corrected chi connectivity index (χ4v) is 2.39. The summed E-state index contributed by atoms with van der Waals surface area (Å²) < 4.78 is 28.3. The van der Waals surface area contributed by atoms with Crippen molar-refractivity contribution in [3.8, 4) is 5.75 Å². The molecule has 0 aliphatic carbocycles. The maximum Gasteiger partial charge on any atom is 0.191 e. The third-order valence-corrected chi connectivity index (χ3v) is 4.35. The van der Waals surface area contributed by atoms with Crippen molar-refractivity contribution in [1.29, 1.82) is 0 Å². The Labute approximate surface area is 162 Å². The molecule has 1 unspecified atom stereocenters. The van der Waals surface area contributed by atoms with Crippen LogP contribution < -0.4 is 15.4 Å². The number of hydrogen-bond donors (Lipinski definition) is 2. The molecule has 1 rings (SSSR count). The van der Waals surface area contributed by atoms with Gasteiger partial charge >= 0.3 is 0 Å². The molecule has 138 valence electrons. The van der Waals surface area contributed by atoms with E-state index in [1.807, 2.05) is 6.92 Å². The average molecular weight is 469 g/mol. The van der Waals surface area contributed by atoms with E-state index in [-0.39, 0.29) is 28.9 Å². The fourth-order valence-electron chi connectivity index (χ4n) is 1.76. The van der Waals surface area contributed by atoms with Crippen LogP contribution in [0.25, 0.3) is 0 Å². The molecule has 0 spiro atoms. The number of rotatable bonds is 8. The number of hydrogen-bond acceptors (Lipinski definition) is 4. The monoisotopic (exact) mass is 469 g/mol. The number of halogens is 1. The highest BCUT2D eigenvalue weighted by Crippen LogP contribution is 2.15. The van der Waals surface area contributed by atoms with Crippen molar-refractivity contribution < 1.29 is 13.2 Å². The molecular formula is C16H28IN3O3S. The van der Waals surface area contributed by atoms with E-state index in [1.54, 1.807) is 24.3 Å². The first kappa shape index (κ1) is 23.0. The van der Waals surface area contributed by atoms with Crippen LogP contribution in [-0.4, -0.2) is 46.4 Å². The first-order chi connectivity index (χ1) is 10.9. The molecule has 0 radical (unpaired) electrons. The zero-order valence-corrected chi connectivity index (χ0v) is 17.9. The van der Waals surface area contributed by atoms with Crippen LogP contribution in [0, 0.1) is 0 Å². The molecule has 0 heterocycles. The summed E-state index contributed by atoms with van der Waals surface area (Å²) in [4.78, 5) is 4.73. The zero-order chi connectivity index (χ0) is 17.3. The molecule has 0 aliphatic heterocycles. The van der Waals surface area contributed by atoms with Gasteiger partial charge in [0, 0.05) is 18.8 Å². The first-order valence-corrected chi connectivity index (χ1v) is 9.73. The van der Waals surface area contributed by atoms with Gasteiger partial charge in [-0.2, -0.15) is 0 Å². The summed E-state index contributed by atoms with van der Waals surface area (Å²) in [5.41, 5.74) is 0. The Morgan fingerprint density at radius 3 is 2.38 bits per heavy atom. The minimum absolute atomic E-state index is 0. The molecule has 1 atom stereocenters. The number of benzene rings is 1. The van der Waals surface area contributed by atoms with Crippen LogP contribution in [0.2, 0.25) is 0 Å². The van der Waals surface area contributed by atoms with Crippen molar-refractivity contribution in [3.05, 3.63) is 24.3 Å². The minimum atomic E-state index is -3.17. The van der Waals surface area contributed by atoms with Crippen LogP contribution in [0.15, 0.2) is 34.2 Å². The molecule has 1 aromatic rings. The molecule has 0 amide bonds. The van der Waals surface area contributed by atoms with E-state index < -0.39 is 9.84 Å². The van der Waals surface area contributed by atoms with Crippen LogP contribution in [0.5, 0.6) is 5.75 Å². The van der Waals surface area contributed by atoms with Crippen molar-refractivity contribution in [3.63, 3.8) is 0 Å². The van der Waals surface area contributed by atoms with Gasteiger partial charge in [0.2, 0.25) is 0 Å². The number of nitrogens with one attached hydrogen (secondary N) is 2. The molecule has 0 aromatic heterocycles. The number of aliphatic imine (C=N–C) groups is 1. The van der Waals surface area contributed by atoms with Crippen molar-refractivity contribution in [1.82, 2.24) is 10.6 Å². The molecule has 6 nitrogen and oxygen atoms in total. The van der Waals surface area contributed by atoms with Crippen LogP contribution >= 0.6 is 24.0 Å². The Morgan fingerprint density at radius 2 is 1.88 bits per heavy atom. The lowest BCUT2D eigenvalue weighted by Gasteiger charge is -2.16. The molecule has 0 aliphatic rings. The van der Waals surface area contributed by atoms with Crippen LogP contribution in [0.4, 0.5) is 0 Å². The van der Waals surface area contributed by atoms with Crippen molar-refractivity contribution >= 4 is 39.8 Å². The highest BCUT2D eigenvalue weighted by atomic mass is 127. The normalized spacial score (nSPS) is 12.9. The van der Waals surface area contributed by atoms with Gasteiger partial charge in [0.1, 0.15) is 12.4 Å². The molecule has 24 heavy (non-hydrogen) atoms. The van der Waals surface area contributed by atoms with Crippen molar-refractivity contribution in [2.45, 2.75) is 38.1 Å².